The van der Waals surface area contributed by atoms with Gasteiger partial charge in [0.25, 0.3) is 5.91 Å². The predicted octanol–water partition coefficient (Wildman–Crippen LogP) is 3.39. The van der Waals surface area contributed by atoms with Crippen molar-refractivity contribution in [2.75, 3.05) is 0 Å². The molecule has 0 atom stereocenters. The summed E-state index contributed by atoms with van der Waals surface area (Å²) in [5, 5.41) is 11.9. The SMILES string of the molecule is N#CC1(NC(=O)c2cc(Br)cc(Br)c2)CCC1. The molecule has 0 radical (unpaired) electrons. The molecule has 88 valence electrons. The average Bonchev–Trinajstić information content (AvgIpc) is 2.21. The summed E-state index contributed by atoms with van der Waals surface area (Å²) in [7, 11) is 0. The summed E-state index contributed by atoms with van der Waals surface area (Å²) >= 11 is 6.67. The molecular formula is C12H10Br2N2O. The van der Waals surface area contributed by atoms with E-state index < -0.39 is 5.54 Å². The van der Waals surface area contributed by atoms with E-state index in [1.165, 1.54) is 0 Å². The van der Waals surface area contributed by atoms with E-state index in [0.717, 1.165) is 28.2 Å². The number of hydrogen-bond acceptors (Lipinski definition) is 2. The number of nitrogens with zero attached hydrogens (tertiary/aromatic N) is 1. The summed E-state index contributed by atoms with van der Waals surface area (Å²) < 4.78 is 1.66. The van der Waals surface area contributed by atoms with Gasteiger partial charge in [0.15, 0.2) is 0 Å². The highest BCUT2D eigenvalue weighted by molar-refractivity contribution is 9.11. The minimum Gasteiger partial charge on any atom is -0.334 e. The second-order valence-electron chi connectivity index (χ2n) is 4.16. The molecule has 0 saturated heterocycles. The normalized spacial score (nSPS) is 16.8. The molecule has 1 N–H and O–H groups in total. The maximum absolute atomic E-state index is 12.0. The van der Waals surface area contributed by atoms with Crippen molar-refractivity contribution < 1.29 is 4.79 Å². The third-order valence-corrected chi connectivity index (χ3v) is 3.81. The van der Waals surface area contributed by atoms with Crippen LogP contribution < -0.4 is 5.32 Å². The van der Waals surface area contributed by atoms with E-state index in [1.54, 1.807) is 12.1 Å². The van der Waals surface area contributed by atoms with Crippen LogP contribution in [0.15, 0.2) is 27.1 Å². The van der Waals surface area contributed by atoms with Crippen LogP contribution in [0, 0.1) is 11.3 Å². The number of hydrogen-bond donors (Lipinski definition) is 1. The lowest BCUT2D eigenvalue weighted by Gasteiger charge is -2.35. The van der Waals surface area contributed by atoms with E-state index in [-0.39, 0.29) is 5.91 Å². The van der Waals surface area contributed by atoms with E-state index in [4.69, 9.17) is 5.26 Å². The van der Waals surface area contributed by atoms with Gasteiger partial charge in [0.2, 0.25) is 0 Å². The Morgan fingerprint density at radius 3 is 2.29 bits per heavy atom. The zero-order valence-electron chi connectivity index (χ0n) is 8.96. The van der Waals surface area contributed by atoms with Crippen LogP contribution in [-0.2, 0) is 0 Å². The van der Waals surface area contributed by atoms with Crippen molar-refractivity contribution in [2.24, 2.45) is 0 Å². The Labute approximate surface area is 116 Å². The van der Waals surface area contributed by atoms with Crippen molar-refractivity contribution in [3.8, 4) is 6.07 Å². The maximum atomic E-state index is 12.0. The van der Waals surface area contributed by atoms with Gasteiger partial charge in [-0.3, -0.25) is 4.79 Å². The van der Waals surface area contributed by atoms with Gasteiger partial charge in [-0.15, -0.1) is 0 Å². The monoisotopic (exact) mass is 356 g/mol. The molecule has 0 bridgehead atoms. The Morgan fingerprint density at radius 1 is 1.29 bits per heavy atom. The van der Waals surface area contributed by atoms with Crippen molar-refractivity contribution >= 4 is 37.8 Å². The fourth-order valence-electron chi connectivity index (χ4n) is 1.77. The van der Waals surface area contributed by atoms with Crippen molar-refractivity contribution in [1.29, 1.82) is 5.26 Å². The third kappa shape index (κ3) is 2.70. The van der Waals surface area contributed by atoms with Crippen molar-refractivity contribution in [2.45, 2.75) is 24.8 Å². The first-order valence-corrected chi connectivity index (χ1v) is 6.83. The van der Waals surface area contributed by atoms with E-state index in [9.17, 15) is 4.79 Å². The van der Waals surface area contributed by atoms with Gasteiger partial charge < -0.3 is 5.32 Å². The minimum absolute atomic E-state index is 0.201. The van der Waals surface area contributed by atoms with Crippen molar-refractivity contribution in [1.82, 2.24) is 5.32 Å². The molecule has 1 amide bonds. The molecule has 1 aliphatic rings. The van der Waals surface area contributed by atoms with Gasteiger partial charge in [0.05, 0.1) is 6.07 Å². The van der Waals surface area contributed by atoms with E-state index in [1.807, 2.05) is 6.07 Å². The van der Waals surface area contributed by atoms with Crippen LogP contribution in [-0.4, -0.2) is 11.4 Å². The highest BCUT2D eigenvalue weighted by atomic mass is 79.9. The molecule has 0 unspecified atom stereocenters. The molecule has 1 aliphatic carbocycles. The van der Waals surface area contributed by atoms with Crippen LogP contribution in [0.2, 0.25) is 0 Å². The molecule has 3 nitrogen and oxygen atoms in total. The second kappa shape index (κ2) is 4.79. The Balaban J connectivity index is 2.18. The van der Waals surface area contributed by atoms with Crippen LogP contribution in [0.5, 0.6) is 0 Å². The number of rotatable bonds is 2. The number of nitriles is 1. The van der Waals surface area contributed by atoms with Gasteiger partial charge in [-0.1, -0.05) is 31.9 Å². The highest BCUT2D eigenvalue weighted by Crippen LogP contribution is 2.31. The molecule has 0 heterocycles. The minimum atomic E-state index is -0.647. The summed E-state index contributed by atoms with van der Waals surface area (Å²) in [6.07, 6.45) is 2.48. The second-order valence-corrected chi connectivity index (χ2v) is 5.99. The van der Waals surface area contributed by atoms with Gasteiger partial charge in [0, 0.05) is 14.5 Å². The molecular weight excluding hydrogens is 348 g/mol. The standard InChI is InChI=1S/C12H10Br2N2O/c13-9-4-8(5-10(14)6-9)11(17)16-12(7-15)2-1-3-12/h4-6H,1-3H2,(H,16,17). The third-order valence-electron chi connectivity index (χ3n) is 2.90. The van der Waals surface area contributed by atoms with Crippen molar-refractivity contribution in [3.63, 3.8) is 0 Å². The lowest BCUT2D eigenvalue weighted by Crippen LogP contribution is -2.52. The number of halogens is 2. The molecule has 0 aromatic heterocycles. The quantitative estimate of drug-likeness (QED) is 0.881. The fourth-order valence-corrected chi connectivity index (χ4v) is 3.06. The molecule has 1 fully saturated rings. The molecule has 0 aliphatic heterocycles. The summed E-state index contributed by atoms with van der Waals surface area (Å²) in [6.45, 7) is 0. The van der Waals surface area contributed by atoms with Crippen LogP contribution in [0.25, 0.3) is 0 Å². The van der Waals surface area contributed by atoms with E-state index >= 15 is 0 Å². The predicted molar refractivity (Wildman–Crippen MR) is 71.5 cm³/mol. The zero-order valence-corrected chi connectivity index (χ0v) is 12.1. The number of amides is 1. The Hall–Kier alpha value is -0.860. The van der Waals surface area contributed by atoms with Gasteiger partial charge >= 0.3 is 0 Å². The molecule has 1 aromatic carbocycles. The zero-order chi connectivity index (χ0) is 12.5. The highest BCUT2D eigenvalue weighted by Gasteiger charge is 2.38. The first-order valence-electron chi connectivity index (χ1n) is 5.24. The van der Waals surface area contributed by atoms with Crippen LogP contribution in [0.4, 0.5) is 0 Å². The topological polar surface area (TPSA) is 52.9 Å². The molecule has 1 saturated carbocycles. The first-order chi connectivity index (χ1) is 8.04. The largest absolute Gasteiger partial charge is 0.334 e. The molecule has 1 aromatic rings. The Bertz CT molecular complexity index is 483. The summed E-state index contributed by atoms with van der Waals surface area (Å²) in [4.78, 5) is 12.0. The van der Waals surface area contributed by atoms with Gasteiger partial charge in [0.1, 0.15) is 5.54 Å². The molecule has 5 heteroatoms. The van der Waals surface area contributed by atoms with Crippen molar-refractivity contribution in [3.05, 3.63) is 32.7 Å². The first kappa shape index (κ1) is 12.6. The average molecular weight is 358 g/mol. The summed E-state index contributed by atoms with van der Waals surface area (Å²) in [5.41, 5.74) is -0.0981. The van der Waals surface area contributed by atoms with Crippen LogP contribution in [0.3, 0.4) is 0 Å². The van der Waals surface area contributed by atoms with Crippen LogP contribution in [0.1, 0.15) is 29.6 Å². The molecule has 2 rings (SSSR count). The van der Waals surface area contributed by atoms with Gasteiger partial charge in [-0.25, -0.2) is 0 Å². The molecule has 17 heavy (non-hydrogen) atoms. The number of benzene rings is 1. The Kier molecular flexibility index (Phi) is 3.55. The number of carbonyl (C=O) groups is 1. The smallest absolute Gasteiger partial charge is 0.252 e. The maximum Gasteiger partial charge on any atom is 0.252 e. The Morgan fingerprint density at radius 2 is 1.88 bits per heavy atom. The van der Waals surface area contributed by atoms with E-state index in [2.05, 4.69) is 43.2 Å². The summed E-state index contributed by atoms with van der Waals surface area (Å²) in [6, 6.07) is 7.53. The van der Waals surface area contributed by atoms with Gasteiger partial charge in [-0.05, 0) is 37.5 Å². The lowest BCUT2D eigenvalue weighted by atomic mass is 9.78. The number of nitrogens with one attached hydrogen (secondary N) is 1. The fraction of sp³-hybridized carbons (Fsp3) is 0.333. The lowest BCUT2D eigenvalue weighted by molar-refractivity contribution is 0.0881. The van der Waals surface area contributed by atoms with Gasteiger partial charge in [-0.2, -0.15) is 5.26 Å². The van der Waals surface area contributed by atoms with E-state index in [0.29, 0.717) is 5.56 Å². The number of carbonyl (C=O) groups excluding carboxylic acids is 1. The summed E-state index contributed by atoms with van der Waals surface area (Å²) in [5.74, 6) is -0.201. The van der Waals surface area contributed by atoms with Crippen LogP contribution >= 0.6 is 31.9 Å². The molecule has 0 spiro atoms.